The first-order valence-electron chi connectivity index (χ1n) is 5.46. The van der Waals surface area contributed by atoms with Gasteiger partial charge in [0.1, 0.15) is 0 Å². The van der Waals surface area contributed by atoms with Gasteiger partial charge in [-0.1, -0.05) is 18.5 Å². The first kappa shape index (κ1) is 14.5. The lowest BCUT2D eigenvalue weighted by molar-refractivity contribution is 0.139. The number of thiophene rings is 1. The van der Waals surface area contributed by atoms with Gasteiger partial charge in [0.25, 0.3) is 0 Å². The maximum absolute atomic E-state index is 5.94. The van der Waals surface area contributed by atoms with E-state index in [0.29, 0.717) is 0 Å². The van der Waals surface area contributed by atoms with Crippen LogP contribution in [0.5, 0.6) is 0 Å². The molecule has 1 heterocycles. The van der Waals surface area contributed by atoms with E-state index in [9.17, 15) is 0 Å². The van der Waals surface area contributed by atoms with Crippen LogP contribution in [0.15, 0.2) is 9.85 Å². The Labute approximate surface area is 114 Å². The van der Waals surface area contributed by atoms with Crippen LogP contribution in [-0.2, 0) is 11.2 Å². The third kappa shape index (κ3) is 5.64. The van der Waals surface area contributed by atoms with Crippen LogP contribution in [0.4, 0.5) is 0 Å². The summed E-state index contributed by atoms with van der Waals surface area (Å²) in [4.78, 5) is 1.26. The van der Waals surface area contributed by atoms with Crippen LogP contribution in [0.25, 0.3) is 0 Å². The zero-order valence-corrected chi connectivity index (χ0v) is 12.6. The number of hydrogen-bond acceptors (Lipinski definition) is 3. The summed E-state index contributed by atoms with van der Waals surface area (Å²) in [5.74, 6) is 0. The Hall–Kier alpha value is 0.390. The predicted molar refractivity (Wildman–Crippen MR) is 74.7 cm³/mol. The molecule has 0 aromatic carbocycles. The van der Waals surface area contributed by atoms with Crippen molar-refractivity contribution in [2.24, 2.45) is 0 Å². The van der Waals surface area contributed by atoms with E-state index in [2.05, 4.69) is 28.2 Å². The smallest absolute Gasteiger partial charge is 0.0887 e. The first-order chi connectivity index (χ1) is 7.74. The molecule has 0 radical (unpaired) electrons. The zero-order chi connectivity index (χ0) is 11.8. The molecule has 0 saturated heterocycles. The minimum absolute atomic E-state index is 0.761. The second-order valence-corrected chi connectivity index (χ2v) is 6.31. The maximum Gasteiger partial charge on any atom is 0.0887 e. The summed E-state index contributed by atoms with van der Waals surface area (Å²) in [6.45, 7) is 5.70. The van der Waals surface area contributed by atoms with Gasteiger partial charge in [0.2, 0.25) is 0 Å². The van der Waals surface area contributed by atoms with Crippen molar-refractivity contribution in [3.05, 3.63) is 19.8 Å². The predicted octanol–water partition coefficient (Wildman–Crippen LogP) is 3.72. The van der Waals surface area contributed by atoms with Gasteiger partial charge in [0.15, 0.2) is 0 Å². The van der Waals surface area contributed by atoms with Crippen LogP contribution in [0.1, 0.15) is 18.2 Å². The highest BCUT2D eigenvalue weighted by molar-refractivity contribution is 9.11. The van der Waals surface area contributed by atoms with E-state index >= 15 is 0 Å². The molecule has 0 amide bonds. The van der Waals surface area contributed by atoms with Gasteiger partial charge < -0.3 is 10.1 Å². The Kier molecular flexibility index (Phi) is 7.66. The topological polar surface area (TPSA) is 21.3 Å². The second kappa shape index (κ2) is 8.48. The Morgan fingerprint density at radius 2 is 2.25 bits per heavy atom. The summed E-state index contributed by atoms with van der Waals surface area (Å²) in [6, 6.07) is 2.00. The average Bonchev–Trinajstić information content (AvgIpc) is 2.57. The molecular weight excluding hydrogens is 310 g/mol. The molecule has 1 rings (SSSR count). The molecule has 0 spiro atoms. The molecule has 1 N–H and O–H groups in total. The monoisotopic (exact) mass is 325 g/mol. The minimum Gasteiger partial charge on any atom is -0.380 e. The van der Waals surface area contributed by atoms with Crippen molar-refractivity contribution in [3.63, 3.8) is 0 Å². The van der Waals surface area contributed by atoms with Gasteiger partial charge in [0, 0.05) is 17.8 Å². The second-order valence-electron chi connectivity index (χ2n) is 3.45. The van der Waals surface area contributed by atoms with Crippen molar-refractivity contribution in [1.82, 2.24) is 5.32 Å². The van der Waals surface area contributed by atoms with E-state index in [-0.39, 0.29) is 0 Å². The van der Waals surface area contributed by atoms with E-state index in [4.69, 9.17) is 16.3 Å². The molecule has 0 bridgehead atoms. The molecule has 92 valence electrons. The number of nitrogens with one attached hydrogen (secondary N) is 1. The molecular formula is C11H17BrClNOS. The highest BCUT2D eigenvalue weighted by atomic mass is 79.9. The summed E-state index contributed by atoms with van der Waals surface area (Å²) < 4.78 is 6.53. The van der Waals surface area contributed by atoms with Gasteiger partial charge in [-0.25, -0.2) is 0 Å². The number of hydrogen-bond donors (Lipinski definition) is 1. The maximum atomic E-state index is 5.94. The van der Waals surface area contributed by atoms with Crippen molar-refractivity contribution >= 4 is 38.9 Å². The van der Waals surface area contributed by atoms with Gasteiger partial charge in [-0.05, 0) is 35.0 Å². The van der Waals surface area contributed by atoms with Gasteiger partial charge in [-0.2, -0.15) is 0 Å². The fourth-order valence-electron chi connectivity index (χ4n) is 1.24. The van der Waals surface area contributed by atoms with E-state index in [1.54, 1.807) is 11.3 Å². The highest BCUT2D eigenvalue weighted by Crippen LogP contribution is 2.32. The standard InChI is InChI=1S/C11H17BrClNOS/c1-2-4-14-5-7-15-6-3-9-8-10(13)11(12)16-9/h8,14H,2-7H2,1H3. The third-order valence-corrected chi connectivity index (χ3v) is 4.57. The molecule has 0 fully saturated rings. The number of rotatable bonds is 8. The van der Waals surface area contributed by atoms with Gasteiger partial charge in [-0.3, -0.25) is 0 Å². The van der Waals surface area contributed by atoms with Gasteiger partial charge >= 0.3 is 0 Å². The van der Waals surface area contributed by atoms with Gasteiger partial charge in [-0.15, -0.1) is 11.3 Å². The quantitative estimate of drug-likeness (QED) is 0.735. The van der Waals surface area contributed by atoms with Crippen LogP contribution in [-0.4, -0.2) is 26.3 Å². The molecule has 0 aliphatic carbocycles. The van der Waals surface area contributed by atoms with Gasteiger partial charge in [0.05, 0.1) is 22.0 Å². The van der Waals surface area contributed by atoms with Crippen LogP contribution < -0.4 is 5.32 Å². The van der Waals surface area contributed by atoms with E-state index in [1.165, 1.54) is 11.3 Å². The van der Waals surface area contributed by atoms with E-state index in [1.807, 2.05) is 6.07 Å². The van der Waals surface area contributed by atoms with Crippen molar-refractivity contribution < 1.29 is 4.74 Å². The van der Waals surface area contributed by atoms with Crippen molar-refractivity contribution in [2.45, 2.75) is 19.8 Å². The van der Waals surface area contributed by atoms with Crippen LogP contribution >= 0.6 is 38.9 Å². The fourth-order valence-corrected chi connectivity index (χ4v) is 3.03. The summed E-state index contributed by atoms with van der Waals surface area (Å²) >= 11 is 11.0. The molecule has 0 unspecified atom stereocenters. The highest BCUT2D eigenvalue weighted by Gasteiger charge is 2.03. The molecule has 0 atom stereocenters. The zero-order valence-electron chi connectivity index (χ0n) is 9.39. The Balaban J connectivity index is 2.03. The molecule has 1 aromatic rings. The molecule has 16 heavy (non-hydrogen) atoms. The normalized spacial score (nSPS) is 10.9. The lowest BCUT2D eigenvalue weighted by atomic mass is 10.4. The fraction of sp³-hybridized carbons (Fsp3) is 0.636. The van der Waals surface area contributed by atoms with E-state index < -0.39 is 0 Å². The SMILES string of the molecule is CCCNCCOCCc1cc(Cl)c(Br)s1. The summed E-state index contributed by atoms with van der Waals surface area (Å²) in [5, 5.41) is 4.09. The minimum atomic E-state index is 0.761. The Morgan fingerprint density at radius 3 is 2.88 bits per heavy atom. The van der Waals surface area contributed by atoms with E-state index in [0.717, 1.165) is 41.5 Å². The molecule has 0 aliphatic rings. The molecule has 0 saturated carbocycles. The largest absolute Gasteiger partial charge is 0.380 e. The van der Waals surface area contributed by atoms with Crippen LogP contribution in [0, 0.1) is 0 Å². The Morgan fingerprint density at radius 1 is 1.44 bits per heavy atom. The molecule has 1 aromatic heterocycles. The van der Waals surface area contributed by atoms with Crippen LogP contribution in [0.2, 0.25) is 5.02 Å². The van der Waals surface area contributed by atoms with Crippen LogP contribution in [0.3, 0.4) is 0 Å². The molecule has 5 heteroatoms. The average molecular weight is 327 g/mol. The summed E-state index contributed by atoms with van der Waals surface area (Å²) in [7, 11) is 0. The first-order valence-corrected chi connectivity index (χ1v) is 7.45. The summed E-state index contributed by atoms with van der Waals surface area (Å²) in [6.07, 6.45) is 2.10. The van der Waals surface area contributed by atoms with Crippen molar-refractivity contribution in [3.8, 4) is 0 Å². The third-order valence-electron chi connectivity index (χ3n) is 2.04. The number of ether oxygens (including phenoxy) is 1. The molecule has 0 aliphatic heterocycles. The Bertz CT molecular complexity index is 287. The summed E-state index contributed by atoms with van der Waals surface area (Å²) in [5.41, 5.74) is 0. The molecule has 2 nitrogen and oxygen atoms in total. The van der Waals surface area contributed by atoms with Crippen molar-refractivity contribution in [1.29, 1.82) is 0 Å². The lowest BCUT2D eigenvalue weighted by Crippen LogP contribution is -2.20. The number of halogens is 2. The lowest BCUT2D eigenvalue weighted by Gasteiger charge is -2.04. The van der Waals surface area contributed by atoms with Crippen molar-refractivity contribution in [2.75, 3.05) is 26.3 Å².